The maximum Gasteiger partial charge on any atom is 0.142 e. The van der Waals surface area contributed by atoms with Crippen LogP contribution in [0.4, 0.5) is 4.39 Å². The average Bonchev–Trinajstić information content (AvgIpc) is 2.39. The Bertz CT molecular complexity index is 611. The Kier molecular flexibility index (Phi) is 5.39. The van der Waals surface area contributed by atoms with Crippen molar-refractivity contribution in [1.29, 1.82) is 0 Å². The summed E-state index contributed by atoms with van der Waals surface area (Å²) in [6.45, 7) is -0.0449. The van der Waals surface area contributed by atoms with Crippen molar-refractivity contribution in [2.45, 2.75) is 12.5 Å². The zero-order valence-corrected chi connectivity index (χ0v) is 13.1. The van der Waals surface area contributed by atoms with Crippen LogP contribution < -0.4 is 4.74 Å². The van der Waals surface area contributed by atoms with Crippen LogP contribution in [-0.2, 0) is 12.5 Å². The standard InChI is InChI=1S/C14H9Cl4FO/c15-6-8-4-9(16)5-12(18)14(8)20-7-10-11(17)2-1-3-13(10)19/h1-5H,6-7H2. The molecular weight excluding hydrogens is 345 g/mol. The van der Waals surface area contributed by atoms with Crippen molar-refractivity contribution in [2.24, 2.45) is 0 Å². The summed E-state index contributed by atoms with van der Waals surface area (Å²) in [6, 6.07) is 7.63. The minimum Gasteiger partial charge on any atom is -0.487 e. The van der Waals surface area contributed by atoms with E-state index in [9.17, 15) is 4.39 Å². The van der Waals surface area contributed by atoms with Gasteiger partial charge in [-0.25, -0.2) is 4.39 Å². The zero-order chi connectivity index (χ0) is 14.7. The molecular formula is C14H9Cl4FO. The fraction of sp³-hybridized carbons (Fsp3) is 0.143. The molecule has 0 aliphatic rings. The molecule has 0 spiro atoms. The number of halogens is 5. The number of benzene rings is 2. The van der Waals surface area contributed by atoms with Gasteiger partial charge in [0.25, 0.3) is 0 Å². The predicted molar refractivity (Wildman–Crippen MR) is 81.8 cm³/mol. The Morgan fingerprint density at radius 2 is 1.80 bits per heavy atom. The number of rotatable bonds is 4. The van der Waals surface area contributed by atoms with Gasteiger partial charge in [0, 0.05) is 16.1 Å². The van der Waals surface area contributed by atoms with Gasteiger partial charge in [0.05, 0.1) is 15.9 Å². The lowest BCUT2D eigenvalue weighted by Gasteiger charge is -2.13. The van der Waals surface area contributed by atoms with Crippen LogP contribution in [0, 0.1) is 5.82 Å². The molecule has 0 saturated carbocycles. The highest BCUT2D eigenvalue weighted by atomic mass is 35.5. The second-order valence-electron chi connectivity index (χ2n) is 4.00. The molecule has 20 heavy (non-hydrogen) atoms. The van der Waals surface area contributed by atoms with Crippen LogP contribution in [-0.4, -0.2) is 0 Å². The SMILES string of the molecule is Fc1cccc(Cl)c1COc1c(Cl)cc(Cl)cc1CCl. The summed E-state index contributed by atoms with van der Waals surface area (Å²) in [5.74, 6) is 0.126. The van der Waals surface area contributed by atoms with Crippen LogP contribution in [0.2, 0.25) is 15.1 Å². The molecule has 2 aromatic rings. The van der Waals surface area contributed by atoms with E-state index in [-0.39, 0.29) is 18.1 Å². The van der Waals surface area contributed by atoms with Crippen molar-refractivity contribution in [3.63, 3.8) is 0 Å². The van der Waals surface area contributed by atoms with Crippen molar-refractivity contribution >= 4 is 46.4 Å². The summed E-state index contributed by atoms with van der Waals surface area (Å²) >= 11 is 23.7. The van der Waals surface area contributed by atoms with Crippen molar-refractivity contribution in [3.8, 4) is 5.75 Å². The summed E-state index contributed by atoms with van der Waals surface area (Å²) in [5, 5.41) is 1.07. The molecule has 1 nitrogen and oxygen atoms in total. The molecule has 0 fully saturated rings. The highest BCUT2D eigenvalue weighted by Crippen LogP contribution is 2.34. The number of hydrogen-bond acceptors (Lipinski definition) is 1. The molecule has 2 rings (SSSR count). The van der Waals surface area contributed by atoms with Crippen molar-refractivity contribution in [2.75, 3.05) is 0 Å². The molecule has 0 saturated heterocycles. The molecule has 0 radical (unpaired) electrons. The highest BCUT2D eigenvalue weighted by Gasteiger charge is 2.13. The number of ether oxygens (including phenoxy) is 1. The first-order valence-corrected chi connectivity index (χ1v) is 7.29. The molecule has 0 atom stereocenters. The first-order valence-electron chi connectivity index (χ1n) is 5.62. The van der Waals surface area contributed by atoms with Crippen molar-refractivity contribution < 1.29 is 9.13 Å². The van der Waals surface area contributed by atoms with E-state index >= 15 is 0 Å². The van der Waals surface area contributed by atoms with E-state index in [1.807, 2.05) is 0 Å². The van der Waals surface area contributed by atoms with Gasteiger partial charge < -0.3 is 4.74 Å². The Morgan fingerprint density at radius 3 is 2.45 bits per heavy atom. The van der Waals surface area contributed by atoms with E-state index in [0.29, 0.717) is 26.4 Å². The lowest BCUT2D eigenvalue weighted by molar-refractivity contribution is 0.298. The highest BCUT2D eigenvalue weighted by molar-refractivity contribution is 6.36. The van der Waals surface area contributed by atoms with E-state index in [4.69, 9.17) is 51.1 Å². The molecule has 0 heterocycles. The third-order valence-corrected chi connectivity index (χ3v) is 3.79. The van der Waals surface area contributed by atoms with Gasteiger partial charge in [0.2, 0.25) is 0 Å². The summed E-state index contributed by atoms with van der Waals surface area (Å²) in [6.07, 6.45) is 0. The molecule has 2 aromatic carbocycles. The smallest absolute Gasteiger partial charge is 0.142 e. The first-order chi connectivity index (χ1) is 9.52. The minimum atomic E-state index is -0.435. The van der Waals surface area contributed by atoms with Crippen LogP contribution >= 0.6 is 46.4 Å². The summed E-state index contributed by atoms with van der Waals surface area (Å²) in [7, 11) is 0. The minimum absolute atomic E-state index is 0.0449. The Morgan fingerprint density at radius 1 is 1.05 bits per heavy atom. The normalized spacial score (nSPS) is 10.7. The molecule has 0 aliphatic carbocycles. The second kappa shape index (κ2) is 6.86. The van der Waals surface area contributed by atoms with Gasteiger partial charge in [-0.15, -0.1) is 11.6 Å². The predicted octanol–water partition coefficient (Wildman–Crippen LogP) is 6.10. The largest absolute Gasteiger partial charge is 0.487 e. The maximum absolute atomic E-state index is 13.7. The zero-order valence-electron chi connectivity index (χ0n) is 10.1. The monoisotopic (exact) mass is 352 g/mol. The van der Waals surface area contributed by atoms with Gasteiger partial charge in [-0.1, -0.05) is 40.9 Å². The molecule has 0 amide bonds. The Balaban J connectivity index is 2.27. The average molecular weight is 354 g/mol. The fourth-order valence-corrected chi connectivity index (χ4v) is 2.70. The van der Waals surface area contributed by atoms with Gasteiger partial charge >= 0.3 is 0 Å². The van der Waals surface area contributed by atoms with Crippen LogP contribution in [0.3, 0.4) is 0 Å². The van der Waals surface area contributed by atoms with Crippen molar-refractivity contribution in [3.05, 3.63) is 62.3 Å². The Hall–Kier alpha value is -0.670. The molecule has 6 heteroatoms. The maximum atomic E-state index is 13.7. The Labute approximate surface area is 136 Å². The van der Waals surface area contributed by atoms with E-state index in [1.165, 1.54) is 18.2 Å². The van der Waals surface area contributed by atoms with Gasteiger partial charge in [-0.2, -0.15) is 0 Å². The van der Waals surface area contributed by atoms with E-state index in [0.717, 1.165) is 0 Å². The van der Waals surface area contributed by atoms with Gasteiger partial charge in [0.1, 0.15) is 18.2 Å². The lowest BCUT2D eigenvalue weighted by Crippen LogP contribution is -2.02. The summed E-state index contributed by atoms with van der Waals surface area (Å²) in [5.41, 5.74) is 0.900. The fourth-order valence-electron chi connectivity index (χ4n) is 1.69. The summed E-state index contributed by atoms with van der Waals surface area (Å²) < 4.78 is 19.2. The van der Waals surface area contributed by atoms with Gasteiger partial charge in [0.15, 0.2) is 0 Å². The van der Waals surface area contributed by atoms with Crippen LogP contribution in [0.1, 0.15) is 11.1 Å². The topological polar surface area (TPSA) is 9.23 Å². The van der Waals surface area contributed by atoms with E-state index < -0.39 is 5.82 Å². The molecule has 0 aliphatic heterocycles. The molecule has 0 aromatic heterocycles. The van der Waals surface area contributed by atoms with Crippen LogP contribution in [0.15, 0.2) is 30.3 Å². The third kappa shape index (κ3) is 3.50. The molecule has 0 unspecified atom stereocenters. The molecule has 0 N–H and O–H groups in total. The van der Waals surface area contributed by atoms with Gasteiger partial charge in [-0.05, 0) is 24.3 Å². The summed E-state index contributed by atoms with van der Waals surface area (Å²) in [4.78, 5) is 0. The first kappa shape index (κ1) is 15.7. The van der Waals surface area contributed by atoms with E-state index in [2.05, 4.69) is 0 Å². The second-order valence-corrected chi connectivity index (χ2v) is 5.52. The lowest BCUT2D eigenvalue weighted by atomic mass is 10.2. The number of hydrogen-bond donors (Lipinski definition) is 0. The van der Waals surface area contributed by atoms with Crippen molar-refractivity contribution in [1.82, 2.24) is 0 Å². The molecule has 106 valence electrons. The molecule has 0 bridgehead atoms. The van der Waals surface area contributed by atoms with Crippen LogP contribution in [0.25, 0.3) is 0 Å². The third-order valence-electron chi connectivity index (χ3n) is 2.65. The number of alkyl halides is 1. The van der Waals surface area contributed by atoms with E-state index in [1.54, 1.807) is 12.1 Å². The quantitative estimate of drug-likeness (QED) is 0.603. The van der Waals surface area contributed by atoms with Gasteiger partial charge in [-0.3, -0.25) is 0 Å². The van der Waals surface area contributed by atoms with Crippen LogP contribution in [0.5, 0.6) is 5.75 Å².